The average Bonchev–Trinajstić information content (AvgIpc) is 2.75. The molecule has 0 spiro atoms. The van der Waals surface area contributed by atoms with E-state index >= 15 is 0 Å². The van der Waals surface area contributed by atoms with Gasteiger partial charge in [0.1, 0.15) is 17.2 Å². The minimum atomic E-state index is -0.443. The number of nitrogens with two attached hydrogens (primary N) is 1. The fourth-order valence-corrected chi connectivity index (χ4v) is 2.25. The van der Waals surface area contributed by atoms with Crippen molar-refractivity contribution in [2.24, 2.45) is 0 Å². The first-order valence-corrected chi connectivity index (χ1v) is 5.51. The van der Waals surface area contributed by atoms with E-state index in [0.29, 0.717) is 17.2 Å². The molecule has 88 valence electrons. The maximum absolute atomic E-state index is 11.6. The molecule has 5 heteroatoms. The van der Waals surface area contributed by atoms with Gasteiger partial charge in [0.2, 0.25) is 0 Å². The first-order valence-electron chi connectivity index (χ1n) is 5.51. The number of methoxy groups -OCH3 is 1. The Kier molecular flexibility index (Phi) is 2.71. The molecule has 1 fully saturated rings. The lowest BCUT2D eigenvalue weighted by atomic mass is 10.0. The highest BCUT2D eigenvalue weighted by Gasteiger charge is 2.38. The third kappa shape index (κ3) is 1.61. The molecule has 3 N–H and O–H groups in total. The fourth-order valence-electron chi connectivity index (χ4n) is 2.25. The Balaban J connectivity index is 2.51. The van der Waals surface area contributed by atoms with Gasteiger partial charge in [-0.05, 0) is 32.6 Å². The van der Waals surface area contributed by atoms with Crippen molar-refractivity contribution in [1.82, 2.24) is 9.97 Å². The summed E-state index contributed by atoms with van der Waals surface area (Å²) in [4.78, 5) is 18.7. The zero-order chi connectivity index (χ0) is 11.8. The molecule has 1 aliphatic carbocycles. The summed E-state index contributed by atoms with van der Waals surface area (Å²) < 4.78 is 5.55. The fraction of sp³-hybridized carbons (Fsp3) is 0.636. The van der Waals surface area contributed by atoms with E-state index in [4.69, 9.17) is 10.5 Å². The standard InChI is InChI=1S/C11H17N3O2/c1-7-8(12)13-10(14-9(7)15)11(16-2)5-3-4-6-11/h3-6H2,1-2H3,(H3,12,13,14,15). The van der Waals surface area contributed by atoms with Gasteiger partial charge in [-0.2, -0.15) is 0 Å². The summed E-state index contributed by atoms with van der Waals surface area (Å²) in [6.07, 6.45) is 3.94. The number of aromatic nitrogens is 2. The molecule has 1 saturated carbocycles. The molecule has 16 heavy (non-hydrogen) atoms. The Hall–Kier alpha value is -1.36. The van der Waals surface area contributed by atoms with E-state index in [1.807, 2.05) is 0 Å². The van der Waals surface area contributed by atoms with Crippen LogP contribution in [-0.4, -0.2) is 17.1 Å². The molecule has 5 nitrogen and oxygen atoms in total. The third-order valence-electron chi connectivity index (χ3n) is 3.42. The lowest BCUT2D eigenvalue weighted by Crippen LogP contribution is -2.31. The number of hydrogen-bond acceptors (Lipinski definition) is 4. The molecule has 1 aliphatic rings. The molecule has 1 heterocycles. The maximum atomic E-state index is 11.6. The molecule has 1 aromatic rings. The monoisotopic (exact) mass is 223 g/mol. The second kappa shape index (κ2) is 3.90. The molecule has 0 aliphatic heterocycles. The minimum Gasteiger partial charge on any atom is -0.383 e. The lowest BCUT2D eigenvalue weighted by molar-refractivity contribution is -0.0163. The summed E-state index contributed by atoms with van der Waals surface area (Å²) >= 11 is 0. The van der Waals surface area contributed by atoms with E-state index in [1.165, 1.54) is 0 Å². The quantitative estimate of drug-likeness (QED) is 0.786. The number of H-pyrrole nitrogens is 1. The van der Waals surface area contributed by atoms with Crippen LogP contribution in [0.2, 0.25) is 0 Å². The van der Waals surface area contributed by atoms with Crippen LogP contribution < -0.4 is 11.3 Å². The summed E-state index contributed by atoms with van der Waals surface area (Å²) in [6.45, 7) is 1.67. The first-order chi connectivity index (χ1) is 7.59. The summed E-state index contributed by atoms with van der Waals surface area (Å²) in [5.41, 5.74) is 5.56. The third-order valence-corrected chi connectivity index (χ3v) is 3.42. The second-order valence-corrected chi connectivity index (χ2v) is 4.33. The predicted molar refractivity (Wildman–Crippen MR) is 61.2 cm³/mol. The van der Waals surface area contributed by atoms with E-state index in [9.17, 15) is 4.79 Å². The Morgan fingerprint density at radius 1 is 1.44 bits per heavy atom. The van der Waals surface area contributed by atoms with Gasteiger partial charge in [-0.3, -0.25) is 4.79 Å². The van der Waals surface area contributed by atoms with Crippen molar-refractivity contribution < 1.29 is 4.74 Å². The second-order valence-electron chi connectivity index (χ2n) is 4.33. The van der Waals surface area contributed by atoms with E-state index in [-0.39, 0.29) is 5.56 Å². The predicted octanol–water partition coefficient (Wildman–Crippen LogP) is 1.08. The van der Waals surface area contributed by atoms with Crippen molar-refractivity contribution in [1.29, 1.82) is 0 Å². The molecular weight excluding hydrogens is 206 g/mol. The number of anilines is 1. The van der Waals surface area contributed by atoms with Crippen LogP contribution in [-0.2, 0) is 10.3 Å². The number of nitrogen functional groups attached to an aromatic ring is 1. The molecule has 0 atom stereocenters. The zero-order valence-corrected chi connectivity index (χ0v) is 9.67. The van der Waals surface area contributed by atoms with Gasteiger partial charge in [-0.15, -0.1) is 0 Å². The summed E-state index contributed by atoms with van der Waals surface area (Å²) in [7, 11) is 1.65. The van der Waals surface area contributed by atoms with Crippen molar-refractivity contribution in [2.45, 2.75) is 38.2 Å². The molecule has 2 rings (SSSR count). The van der Waals surface area contributed by atoms with Gasteiger partial charge in [0, 0.05) is 7.11 Å². The number of nitrogens with zero attached hydrogens (tertiary/aromatic N) is 1. The summed E-state index contributed by atoms with van der Waals surface area (Å²) in [5, 5.41) is 0. The van der Waals surface area contributed by atoms with Gasteiger partial charge in [0.15, 0.2) is 0 Å². The zero-order valence-electron chi connectivity index (χ0n) is 9.67. The topological polar surface area (TPSA) is 81.0 Å². The van der Waals surface area contributed by atoms with Crippen LogP contribution in [0, 0.1) is 6.92 Å². The number of hydrogen-bond donors (Lipinski definition) is 2. The number of aromatic amines is 1. The first kappa shape index (κ1) is 11.1. The van der Waals surface area contributed by atoms with E-state index in [0.717, 1.165) is 25.7 Å². The van der Waals surface area contributed by atoms with Crippen LogP contribution in [0.15, 0.2) is 4.79 Å². The maximum Gasteiger partial charge on any atom is 0.255 e. The van der Waals surface area contributed by atoms with Crippen molar-refractivity contribution in [3.05, 3.63) is 21.7 Å². The number of nitrogens with one attached hydrogen (secondary N) is 1. The highest BCUT2D eigenvalue weighted by atomic mass is 16.5. The molecule has 0 saturated heterocycles. The van der Waals surface area contributed by atoms with Crippen LogP contribution in [0.5, 0.6) is 0 Å². The van der Waals surface area contributed by atoms with Crippen LogP contribution in [0.4, 0.5) is 5.82 Å². The molecule has 0 radical (unpaired) electrons. The molecule has 0 aromatic carbocycles. The summed E-state index contributed by atoms with van der Waals surface area (Å²) in [5.74, 6) is 0.864. The Morgan fingerprint density at radius 2 is 2.06 bits per heavy atom. The van der Waals surface area contributed by atoms with Crippen LogP contribution in [0.25, 0.3) is 0 Å². The van der Waals surface area contributed by atoms with E-state index < -0.39 is 5.60 Å². The van der Waals surface area contributed by atoms with Gasteiger partial charge in [0.25, 0.3) is 5.56 Å². The van der Waals surface area contributed by atoms with Crippen LogP contribution in [0.1, 0.15) is 37.1 Å². The Bertz CT molecular complexity index is 447. The van der Waals surface area contributed by atoms with Gasteiger partial charge in [-0.1, -0.05) is 0 Å². The summed E-state index contributed by atoms with van der Waals surface area (Å²) in [6, 6.07) is 0. The van der Waals surface area contributed by atoms with E-state index in [2.05, 4.69) is 9.97 Å². The largest absolute Gasteiger partial charge is 0.383 e. The molecule has 0 bridgehead atoms. The van der Waals surface area contributed by atoms with Crippen molar-refractivity contribution in [3.8, 4) is 0 Å². The highest BCUT2D eigenvalue weighted by molar-refractivity contribution is 5.37. The van der Waals surface area contributed by atoms with Gasteiger partial charge in [-0.25, -0.2) is 4.98 Å². The van der Waals surface area contributed by atoms with E-state index in [1.54, 1.807) is 14.0 Å². The Labute approximate surface area is 94.0 Å². The van der Waals surface area contributed by atoms with Gasteiger partial charge < -0.3 is 15.5 Å². The molecule has 0 amide bonds. The van der Waals surface area contributed by atoms with Gasteiger partial charge in [0.05, 0.1) is 5.56 Å². The van der Waals surface area contributed by atoms with Crippen LogP contribution in [0.3, 0.4) is 0 Å². The van der Waals surface area contributed by atoms with Gasteiger partial charge >= 0.3 is 0 Å². The van der Waals surface area contributed by atoms with Crippen molar-refractivity contribution >= 4 is 5.82 Å². The highest BCUT2D eigenvalue weighted by Crippen LogP contribution is 2.39. The average molecular weight is 223 g/mol. The van der Waals surface area contributed by atoms with Crippen molar-refractivity contribution in [2.75, 3.05) is 12.8 Å². The smallest absolute Gasteiger partial charge is 0.255 e. The van der Waals surface area contributed by atoms with Crippen LogP contribution >= 0.6 is 0 Å². The minimum absolute atomic E-state index is 0.175. The number of rotatable bonds is 2. The SMILES string of the molecule is COC1(c2nc(N)c(C)c(=O)[nH]2)CCCC1. The lowest BCUT2D eigenvalue weighted by Gasteiger charge is -2.26. The molecule has 0 unspecified atom stereocenters. The Morgan fingerprint density at radius 3 is 2.56 bits per heavy atom. The van der Waals surface area contributed by atoms with Crippen molar-refractivity contribution in [3.63, 3.8) is 0 Å². The molecule has 1 aromatic heterocycles. The number of ether oxygens (including phenoxy) is 1. The normalized spacial score (nSPS) is 18.9. The molecular formula is C11H17N3O2.